The number of aryl methyl sites for hydroxylation is 1. The maximum absolute atomic E-state index is 12.1. The van der Waals surface area contributed by atoms with Crippen LogP contribution in [0.1, 0.15) is 37.2 Å². The predicted octanol–water partition coefficient (Wildman–Crippen LogP) is 0.874. The Kier molecular flexibility index (Phi) is 6.86. The second-order valence-corrected chi connectivity index (χ2v) is 6.43. The second kappa shape index (κ2) is 8.16. The lowest BCUT2D eigenvalue weighted by Crippen LogP contribution is -2.27. The fraction of sp³-hybridized carbons (Fsp3) is 0.615. The van der Waals surface area contributed by atoms with E-state index in [0.717, 1.165) is 19.5 Å². The number of carboxylic acids is 1. The molecular weight excluding hydrogens is 294 g/mol. The minimum absolute atomic E-state index is 0.00296. The minimum atomic E-state index is -3.66. The van der Waals surface area contributed by atoms with Gasteiger partial charge in [-0.2, -0.15) is 0 Å². The van der Waals surface area contributed by atoms with E-state index in [-0.39, 0.29) is 10.6 Å². The SMILES string of the molecule is CCCn1cc(S(=O)(=O)NCCCNCC)cc1C(=O)O. The van der Waals surface area contributed by atoms with Crippen molar-refractivity contribution in [3.63, 3.8) is 0 Å². The number of aromatic nitrogens is 1. The lowest BCUT2D eigenvalue weighted by atomic mass is 10.4. The number of nitrogens with zero attached hydrogens (tertiary/aromatic N) is 1. The van der Waals surface area contributed by atoms with Crippen molar-refractivity contribution < 1.29 is 18.3 Å². The van der Waals surface area contributed by atoms with Gasteiger partial charge in [-0.25, -0.2) is 17.9 Å². The number of sulfonamides is 1. The second-order valence-electron chi connectivity index (χ2n) is 4.66. The molecule has 0 aliphatic rings. The summed E-state index contributed by atoms with van der Waals surface area (Å²) in [7, 11) is -3.66. The molecule has 120 valence electrons. The summed E-state index contributed by atoms with van der Waals surface area (Å²) in [4.78, 5) is 11.1. The number of aromatic carboxylic acids is 1. The highest BCUT2D eigenvalue weighted by atomic mass is 32.2. The molecule has 8 heteroatoms. The first-order valence-corrected chi connectivity index (χ1v) is 8.54. The minimum Gasteiger partial charge on any atom is -0.477 e. The van der Waals surface area contributed by atoms with E-state index in [0.29, 0.717) is 19.5 Å². The molecule has 1 aromatic heterocycles. The first-order valence-electron chi connectivity index (χ1n) is 7.06. The summed E-state index contributed by atoms with van der Waals surface area (Å²) < 4.78 is 28.2. The van der Waals surface area contributed by atoms with Crippen LogP contribution in [0.2, 0.25) is 0 Å². The molecule has 1 rings (SSSR count). The molecule has 0 unspecified atom stereocenters. The summed E-state index contributed by atoms with van der Waals surface area (Å²) >= 11 is 0. The lowest BCUT2D eigenvalue weighted by Gasteiger charge is -2.05. The molecule has 0 bridgehead atoms. The van der Waals surface area contributed by atoms with Gasteiger partial charge in [0.05, 0.1) is 0 Å². The molecule has 0 saturated carbocycles. The van der Waals surface area contributed by atoms with Gasteiger partial charge in [0.15, 0.2) is 0 Å². The van der Waals surface area contributed by atoms with Gasteiger partial charge in [-0.15, -0.1) is 0 Å². The van der Waals surface area contributed by atoms with Crippen LogP contribution < -0.4 is 10.0 Å². The highest BCUT2D eigenvalue weighted by molar-refractivity contribution is 7.89. The van der Waals surface area contributed by atoms with Crippen LogP contribution in [0.25, 0.3) is 0 Å². The number of carboxylic acid groups (broad SMARTS) is 1. The predicted molar refractivity (Wildman–Crippen MR) is 80.0 cm³/mol. The fourth-order valence-electron chi connectivity index (χ4n) is 1.92. The van der Waals surface area contributed by atoms with Crippen molar-refractivity contribution in [3.8, 4) is 0 Å². The zero-order valence-corrected chi connectivity index (χ0v) is 13.2. The van der Waals surface area contributed by atoms with Crippen LogP contribution in [0.4, 0.5) is 0 Å². The van der Waals surface area contributed by atoms with Crippen LogP contribution in [0.3, 0.4) is 0 Å². The molecule has 0 spiro atoms. The van der Waals surface area contributed by atoms with Crippen LogP contribution in [0, 0.1) is 0 Å². The number of nitrogens with one attached hydrogen (secondary N) is 2. The maximum Gasteiger partial charge on any atom is 0.352 e. The van der Waals surface area contributed by atoms with Crippen molar-refractivity contribution in [2.75, 3.05) is 19.6 Å². The van der Waals surface area contributed by atoms with E-state index in [4.69, 9.17) is 5.11 Å². The van der Waals surface area contributed by atoms with Gasteiger partial charge in [-0.1, -0.05) is 13.8 Å². The van der Waals surface area contributed by atoms with Crippen molar-refractivity contribution in [1.82, 2.24) is 14.6 Å². The fourth-order valence-corrected chi connectivity index (χ4v) is 3.03. The monoisotopic (exact) mass is 317 g/mol. The summed E-state index contributed by atoms with van der Waals surface area (Å²) in [5.41, 5.74) is -0.00938. The van der Waals surface area contributed by atoms with Crippen LogP contribution in [-0.4, -0.2) is 43.7 Å². The van der Waals surface area contributed by atoms with Crippen molar-refractivity contribution in [2.24, 2.45) is 0 Å². The normalized spacial score (nSPS) is 11.7. The zero-order valence-electron chi connectivity index (χ0n) is 12.4. The van der Waals surface area contributed by atoms with Crippen LogP contribution in [0.5, 0.6) is 0 Å². The quantitative estimate of drug-likeness (QED) is 0.556. The van der Waals surface area contributed by atoms with Gasteiger partial charge in [0.2, 0.25) is 10.0 Å². The summed E-state index contributed by atoms with van der Waals surface area (Å²) in [6.07, 6.45) is 2.78. The topological polar surface area (TPSA) is 100 Å². The Labute approximate surface area is 125 Å². The van der Waals surface area contributed by atoms with Crippen LogP contribution in [-0.2, 0) is 16.6 Å². The van der Waals surface area contributed by atoms with Gasteiger partial charge < -0.3 is 15.0 Å². The van der Waals surface area contributed by atoms with E-state index in [1.54, 1.807) is 0 Å². The molecule has 0 aliphatic carbocycles. The van der Waals surface area contributed by atoms with Crippen molar-refractivity contribution >= 4 is 16.0 Å². The number of hydrogen-bond acceptors (Lipinski definition) is 4. The summed E-state index contributed by atoms with van der Waals surface area (Å²) in [5.74, 6) is -1.13. The number of carbonyl (C=O) groups is 1. The molecule has 0 amide bonds. The van der Waals surface area contributed by atoms with E-state index < -0.39 is 16.0 Å². The third-order valence-electron chi connectivity index (χ3n) is 2.94. The molecule has 0 atom stereocenters. The third kappa shape index (κ3) is 5.14. The molecule has 21 heavy (non-hydrogen) atoms. The standard InChI is InChI=1S/C13H23N3O4S/c1-3-8-16-10-11(9-12(16)13(17)18)21(19,20)15-7-5-6-14-4-2/h9-10,14-15H,3-8H2,1-2H3,(H,17,18). The highest BCUT2D eigenvalue weighted by Crippen LogP contribution is 2.15. The van der Waals surface area contributed by atoms with Crippen LogP contribution >= 0.6 is 0 Å². The Morgan fingerprint density at radius 3 is 2.62 bits per heavy atom. The first kappa shape index (κ1) is 17.7. The van der Waals surface area contributed by atoms with Crippen molar-refractivity contribution in [1.29, 1.82) is 0 Å². The van der Waals surface area contributed by atoms with E-state index in [9.17, 15) is 13.2 Å². The van der Waals surface area contributed by atoms with Gasteiger partial charge in [0.25, 0.3) is 0 Å². The Morgan fingerprint density at radius 2 is 2.05 bits per heavy atom. The highest BCUT2D eigenvalue weighted by Gasteiger charge is 2.20. The molecule has 7 nitrogen and oxygen atoms in total. The largest absolute Gasteiger partial charge is 0.477 e. The van der Waals surface area contributed by atoms with Gasteiger partial charge in [-0.05, 0) is 32.0 Å². The smallest absolute Gasteiger partial charge is 0.352 e. The van der Waals surface area contributed by atoms with Gasteiger partial charge in [-0.3, -0.25) is 0 Å². The Morgan fingerprint density at radius 1 is 1.33 bits per heavy atom. The van der Waals surface area contributed by atoms with Crippen LogP contribution in [0.15, 0.2) is 17.2 Å². The zero-order chi connectivity index (χ0) is 15.9. The maximum atomic E-state index is 12.1. The number of hydrogen-bond donors (Lipinski definition) is 3. The average molecular weight is 317 g/mol. The molecule has 1 heterocycles. The molecule has 0 aromatic carbocycles. The molecule has 0 saturated heterocycles. The molecular formula is C13H23N3O4S. The van der Waals surface area contributed by atoms with E-state index in [1.807, 2.05) is 13.8 Å². The number of rotatable bonds is 10. The average Bonchev–Trinajstić information content (AvgIpc) is 2.84. The van der Waals surface area contributed by atoms with E-state index in [1.165, 1.54) is 16.8 Å². The van der Waals surface area contributed by atoms with E-state index >= 15 is 0 Å². The van der Waals surface area contributed by atoms with E-state index in [2.05, 4.69) is 10.0 Å². The van der Waals surface area contributed by atoms with Crippen molar-refractivity contribution in [2.45, 2.75) is 38.1 Å². The molecule has 0 radical (unpaired) electrons. The molecule has 1 aromatic rings. The third-order valence-corrected chi connectivity index (χ3v) is 4.37. The van der Waals surface area contributed by atoms with Gasteiger partial charge in [0, 0.05) is 19.3 Å². The summed E-state index contributed by atoms with van der Waals surface area (Å²) in [6, 6.07) is 1.20. The van der Waals surface area contributed by atoms with Gasteiger partial charge in [0.1, 0.15) is 10.6 Å². The summed E-state index contributed by atoms with van der Waals surface area (Å²) in [5, 5.41) is 12.2. The first-order chi connectivity index (χ1) is 9.92. The molecule has 0 fully saturated rings. The summed E-state index contributed by atoms with van der Waals surface area (Å²) in [6.45, 7) is 6.24. The Balaban J connectivity index is 2.78. The van der Waals surface area contributed by atoms with Gasteiger partial charge >= 0.3 is 5.97 Å². The molecule has 3 N–H and O–H groups in total. The lowest BCUT2D eigenvalue weighted by molar-refractivity contribution is 0.0685. The Bertz CT molecular complexity index is 566. The Hall–Kier alpha value is -1.38. The molecule has 0 aliphatic heterocycles. The van der Waals surface area contributed by atoms with Crippen molar-refractivity contribution in [3.05, 3.63) is 18.0 Å².